The topological polar surface area (TPSA) is 44.4 Å². The Morgan fingerprint density at radius 2 is 1.95 bits per heavy atom. The summed E-state index contributed by atoms with van der Waals surface area (Å²) in [6, 6.07) is 1.15. The van der Waals surface area contributed by atoms with Crippen LogP contribution in [0.4, 0.5) is 0 Å². The van der Waals surface area contributed by atoms with Gasteiger partial charge in [0, 0.05) is 42.7 Å². The highest BCUT2D eigenvalue weighted by Gasteiger charge is 2.22. The van der Waals surface area contributed by atoms with E-state index >= 15 is 0 Å². The summed E-state index contributed by atoms with van der Waals surface area (Å²) in [5.74, 6) is 1.27. The lowest BCUT2D eigenvalue weighted by Gasteiger charge is -2.33. The Bertz CT molecular complexity index is 296. The minimum absolute atomic E-state index is 0.117. The van der Waals surface area contributed by atoms with Crippen LogP contribution in [0, 0.1) is 0 Å². The summed E-state index contributed by atoms with van der Waals surface area (Å²) in [5, 5.41) is 6.42. The van der Waals surface area contributed by atoms with Crippen LogP contribution < -0.4 is 10.6 Å². The van der Waals surface area contributed by atoms with Crippen LogP contribution in [0.2, 0.25) is 0 Å². The molecular formula is C15H31N3OS. The molecule has 1 heterocycles. The molecular weight excluding hydrogens is 270 g/mol. The van der Waals surface area contributed by atoms with Gasteiger partial charge in [-0.3, -0.25) is 9.69 Å². The smallest absolute Gasteiger partial charge is 0.233 e. The molecule has 1 atom stereocenters. The summed E-state index contributed by atoms with van der Waals surface area (Å²) in [6.07, 6.45) is 2.28. The second kappa shape index (κ2) is 8.25. The highest BCUT2D eigenvalue weighted by atomic mass is 32.2. The van der Waals surface area contributed by atoms with Gasteiger partial charge in [-0.05, 0) is 19.8 Å². The number of carbonyl (C=O) groups is 1. The third kappa shape index (κ3) is 7.50. The molecule has 0 aromatic rings. The molecule has 0 radical (unpaired) electrons. The highest BCUT2D eigenvalue weighted by Crippen LogP contribution is 2.24. The summed E-state index contributed by atoms with van der Waals surface area (Å²) in [4.78, 5) is 13.6. The zero-order chi connectivity index (χ0) is 15.2. The minimum atomic E-state index is 0.117. The number of piperidine rings is 1. The molecule has 1 aliphatic rings. The van der Waals surface area contributed by atoms with Gasteiger partial charge < -0.3 is 10.6 Å². The van der Waals surface area contributed by atoms with Gasteiger partial charge in [-0.1, -0.05) is 20.8 Å². The van der Waals surface area contributed by atoms with E-state index in [1.165, 1.54) is 0 Å². The van der Waals surface area contributed by atoms with Crippen molar-refractivity contribution < 1.29 is 4.79 Å². The van der Waals surface area contributed by atoms with Crippen LogP contribution in [0.15, 0.2) is 0 Å². The fraction of sp³-hybridized carbons (Fsp3) is 0.933. The molecule has 4 nitrogen and oxygen atoms in total. The van der Waals surface area contributed by atoms with Gasteiger partial charge in [-0.15, -0.1) is 0 Å². The van der Waals surface area contributed by atoms with E-state index in [0.29, 0.717) is 23.4 Å². The molecule has 1 aliphatic heterocycles. The first-order chi connectivity index (χ1) is 9.30. The second-order valence-electron chi connectivity index (χ2n) is 6.71. The first kappa shape index (κ1) is 17.8. The molecule has 0 spiro atoms. The van der Waals surface area contributed by atoms with Crippen molar-refractivity contribution in [2.24, 2.45) is 0 Å². The summed E-state index contributed by atoms with van der Waals surface area (Å²) < 4.78 is 0.340. The zero-order valence-corrected chi connectivity index (χ0v) is 14.5. The van der Waals surface area contributed by atoms with Gasteiger partial charge in [0.15, 0.2) is 0 Å². The number of likely N-dealkylation sites (tertiary alicyclic amines) is 1. The molecule has 0 saturated carbocycles. The molecule has 0 aromatic carbocycles. The van der Waals surface area contributed by atoms with Gasteiger partial charge in [0.2, 0.25) is 5.91 Å². The van der Waals surface area contributed by atoms with Crippen molar-refractivity contribution >= 4 is 17.7 Å². The first-order valence-electron chi connectivity index (χ1n) is 7.63. The van der Waals surface area contributed by atoms with Gasteiger partial charge in [0.05, 0.1) is 6.54 Å². The molecule has 0 unspecified atom stereocenters. The first-order valence-corrected chi connectivity index (χ1v) is 8.61. The van der Waals surface area contributed by atoms with Crippen LogP contribution in [0.3, 0.4) is 0 Å². The predicted octanol–water partition coefficient (Wildman–Crippen LogP) is 1.71. The lowest BCUT2D eigenvalue weighted by molar-refractivity contribution is -0.122. The van der Waals surface area contributed by atoms with E-state index in [2.05, 4.69) is 43.2 Å². The Labute approximate surface area is 128 Å². The number of hydrogen-bond donors (Lipinski definition) is 2. The zero-order valence-electron chi connectivity index (χ0n) is 13.7. The SMILES string of the molecule is CNC(=O)CN1CCC(N[C@H](C)CSC(C)(C)C)CC1. The molecule has 5 heteroatoms. The molecule has 20 heavy (non-hydrogen) atoms. The molecule has 1 fully saturated rings. The molecule has 118 valence electrons. The van der Waals surface area contributed by atoms with Crippen LogP contribution in [-0.4, -0.2) is 60.1 Å². The fourth-order valence-corrected chi connectivity index (χ4v) is 3.21. The molecule has 1 saturated heterocycles. The van der Waals surface area contributed by atoms with Crippen molar-refractivity contribution in [1.29, 1.82) is 0 Å². The Hall–Kier alpha value is -0.260. The molecule has 0 bridgehead atoms. The fourth-order valence-electron chi connectivity index (χ4n) is 2.37. The second-order valence-corrected chi connectivity index (χ2v) is 8.56. The highest BCUT2D eigenvalue weighted by molar-refractivity contribution is 8.00. The minimum Gasteiger partial charge on any atom is -0.358 e. The number of thioether (sulfide) groups is 1. The molecule has 2 N–H and O–H groups in total. The Morgan fingerprint density at radius 1 is 1.35 bits per heavy atom. The van der Waals surface area contributed by atoms with E-state index in [0.717, 1.165) is 31.7 Å². The third-order valence-corrected chi connectivity index (χ3v) is 5.05. The van der Waals surface area contributed by atoms with Crippen molar-refractivity contribution in [3.05, 3.63) is 0 Å². The number of hydrogen-bond acceptors (Lipinski definition) is 4. The monoisotopic (exact) mass is 301 g/mol. The predicted molar refractivity (Wildman–Crippen MR) is 88.3 cm³/mol. The number of nitrogens with zero attached hydrogens (tertiary/aromatic N) is 1. The average molecular weight is 302 g/mol. The van der Waals surface area contributed by atoms with Crippen LogP contribution in [-0.2, 0) is 4.79 Å². The largest absolute Gasteiger partial charge is 0.358 e. The third-order valence-electron chi connectivity index (χ3n) is 3.52. The van der Waals surface area contributed by atoms with Crippen molar-refractivity contribution in [3.63, 3.8) is 0 Å². The van der Waals surface area contributed by atoms with Gasteiger partial charge in [-0.2, -0.15) is 11.8 Å². The van der Waals surface area contributed by atoms with E-state index in [1.54, 1.807) is 7.05 Å². The van der Waals surface area contributed by atoms with Crippen molar-refractivity contribution in [1.82, 2.24) is 15.5 Å². The summed E-state index contributed by atoms with van der Waals surface area (Å²) in [6.45, 7) is 11.6. The molecule has 1 rings (SSSR count). The van der Waals surface area contributed by atoms with Crippen LogP contribution in [0.5, 0.6) is 0 Å². The maximum Gasteiger partial charge on any atom is 0.233 e. The normalized spacial score (nSPS) is 19.9. The number of amides is 1. The Balaban J connectivity index is 2.20. The van der Waals surface area contributed by atoms with Crippen LogP contribution in [0.25, 0.3) is 0 Å². The van der Waals surface area contributed by atoms with Crippen molar-refractivity contribution in [2.45, 2.75) is 57.4 Å². The number of rotatable bonds is 6. The number of likely N-dealkylation sites (N-methyl/N-ethyl adjacent to an activating group) is 1. The number of nitrogens with one attached hydrogen (secondary N) is 2. The molecule has 0 aromatic heterocycles. The van der Waals surface area contributed by atoms with E-state index in [-0.39, 0.29) is 5.91 Å². The summed E-state index contributed by atoms with van der Waals surface area (Å²) >= 11 is 2.02. The summed E-state index contributed by atoms with van der Waals surface area (Å²) in [7, 11) is 1.70. The lowest BCUT2D eigenvalue weighted by atomic mass is 10.0. The Morgan fingerprint density at radius 3 is 2.45 bits per heavy atom. The van der Waals surface area contributed by atoms with E-state index in [9.17, 15) is 4.79 Å². The maximum atomic E-state index is 11.3. The quantitative estimate of drug-likeness (QED) is 0.784. The van der Waals surface area contributed by atoms with Gasteiger partial charge in [0.1, 0.15) is 0 Å². The lowest BCUT2D eigenvalue weighted by Crippen LogP contribution is -2.48. The molecule has 1 amide bonds. The van der Waals surface area contributed by atoms with Crippen LogP contribution >= 0.6 is 11.8 Å². The summed E-state index contributed by atoms with van der Waals surface area (Å²) in [5.41, 5.74) is 0. The standard InChI is InChI=1S/C15H31N3OS/c1-12(11-20-15(2,3)4)17-13-6-8-18(9-7-13)10-14(19)16-5/h12-13,17H,6-11H2,1-5H3,(H,16,19)/t12-/m1/s1. The average Bonchev–Trinajstić information content (AvgIpc) is 2.38. The maximum absolute atomic E-state index is 11.3. The number of carbonyl (C=O) groups excluding carboxylic acids is 1. The Kier molecular flexibility index (Phi) is 7.34. The van der Waals surface area contributed by atoms with E-state index in [1.807, 2.05) is 11.8 Å². The van der Waals surface area contributed by atoms with E-state index in [4.69, 9.17) is 0 Å². The van der Waals surface area contributed by atoms with Crippen molar-refractivity contribution in [2.75, 3.05) is 32.4 Å². The van der Waals surface area contributed by atoms with E-state index < -0.39 is 0 Å². The van der Waals surface area contributed by atoms with Gasteiger partial charge in [-0.25, -0.2) is 0 Å². The van der Waals surface area contributed by atoms with Gasteiger partial charge in [0.25, 0.3) is 0 Å². The van der Waals surface area contributed by atoms with Gasteiger partial charge >= 0.3 is 0 Å². The van der Waals surface area contributed by atoms with Crippen LogP contribution in [0.1, 0.15) is 40.5 Å². The van der Waals surface area contributed by atoms with Crippen molar-refractivity contribution in [3.8, 4) is 0 Å². The molecule has 0 aliphatic carbocycles.